The van der Waals surface area contributed by atoms with Crippen molar-refractivity contribution in [1.82, 2.24) is 24.5 Å². The van der Waals surface area contributed by atoms with Crippen LogP contribution in [0.4, 0.5) is 4.39 Å². The number of carbonyl (C=O) groups is 1. The lowest BCUT2D eigenvalue weighted by Crippen LogP contribution is -2.28. The summed E-state index contributed by atoms with van der Waals surface area (Å²) in [5.41, 5.74) is 3.67. The predicted octanol–water partition coefficient (Wildman–Crippen LogP) is 5.75. The standard InChI is InChI=1S/C27H23BrFN5O3S/c1-3-23(18-12-24(28)34(15-18)38(36,37)20-10-4-16(2)5-11-20)32-27(35)22-13-30-25(26-21(22)14-31-33-26)17-6-8-19(29)9-7-17/h4-15,23H,3H2,1-2H3,(H,31,33)(H,32,35)/t23-/m0/s1. The number of hydrogen-bond donors (Lipinski definition) is 2. The van der Waals surface area contributed by atoms with Crippen LogP contribution >= 0.6 is 15.9 Å². The van der Waals surface area contributed by atoms with Crippen LogP contribution in [0.15, 0.2) is 82.7 Å². The molecule has 0 bridgehead atoms. The fourth-order valence-corrected chi connectivity index (χ4v) is 6.42. The molecule has 0 aliphatic heterocycles. The number of H-pyrrole nitrogens is 1. The van der Waals surface area contributed by atoms with E-state index >= 15 is 0 Å². The number of halogens is 2. The molecule has 0 saturated heterocycles. The van der Waals surface area contributed by atoms with Gasteiger partial charge in [-0.2, -0.15) is 5.10 Å². The number of rotatable bonds is 7. The molecule has 0 unspecified atom stereocenters. The Morgan fingerprint density at radius 2 is 1.84 bits per heavy atom. The monoisotopic (exact) mass is 595 g/mol. The zero-order chi connectivity index (χ0) is 27.0. The molecule has 38 heavy (non-hydrogen) atoms. The van der Waals surface area contributed by atoms with Gasteiger partial charge in [0, 0.05) is 23.3 Å². The lowest BCUT2D eigenvalue weighted by molar-refractivity contribution is 0.0937. The summed E-state index contributed by atoms with van der Waals surface area (Å²) in [6, 6.07) is 13.7. The number of aromatic nitrogens is 4. The van der Waals surface area contributed by atoms with E-state index in [0.29, 0.717) is 44.3 Å². The van der Waals surface area contributed by atoms with E-state index in [2.05, 4.69) is 36.4 Å². The maximum Gasteiger partial charge on any atom is 0.268 e. The van der Waals surface area contributed by atoms with Gasteiger partial charge in [-0.15, -0.1) is 0 Å². The van der Waals surface area contributed by atoms with Gasteiger partial charge < -0.3 is 5.32 Å². The first kappa shape index (κ1) is 25.8. The number of aryl methyl sites for hydroxylation is 1. The maximum absolute atomic E-state index is 13.4. The normalized spacial score (nSPS) is 12.5. The summed E-state index contributed by atoms with van der Waals surface area (Å²) in [6.07, 6.45) is 5.03. The molecular weight excluding hydrogens is 573 g/mol. The molecule has 194 valence electrons. The van der Waals surface area contributed by atoms with E-state index in [0.717, 1.165) is 9.54 Å². The highest BCUT2D eigenvalue weighted by Gasteiger charge is 2.24. The first-order chi connectivity index (χ1) is 18.2. The van der Waals surface area contributed by atoms with Crippen molar-refractivity contribution in [3.63, 3.8) is 0 Å². The maximum atomic E-state index is 13.4. The molecule has 0 radical (unpaired) electrons. The van der Waals surface area contributed by atoms with E-state index in [-0.39, 0.29) is 16.6 Å². The van der Waals surface area contributed by atoms with Crippen molar-refractivity contribution < 1.29 is 17.6 Å². The predicted molar refractivity (Wildman–Crippen MR) is 146 cm³/mol. The first-order valence-electron chi connectivity index (χ1n) is 11.8. The largest absolute Gasteiger partial charge is 0.345 e. The molecular formula is C27H23BrFN5O3S. The van der Waals surface area contributed by atoms with Crippen molar-refractivity contribution in [3.8, 4) is 11.3 Å². The number of hydrogen-bond acceptors (Lipinski definition) is 5. The minimum absolute atomic E-state index is 0.165. The molecule has 3 heterocycles. The Bertz CT molecular complexity index is 1750. The number of nitrogens with zero attached hydrogens (tertiary/aromatic N) is 3. The molecule has 0 fully saturated rings. The Hall–Kier alpha value is -3.83. The molecule has 8 nitrogen and oxygen atoms in total. The third kappa shape index (κ3) is 4.74. The molecule has 0 aliphatic rings. The number of benzene rings is 2. The average Bonchev–Trinajstić information content (AvgIpc) is 3.55. The van der Waals surface area contributed by atoms with Gasteiger partial charge >= 0.3 is 0 Å². The molecule has 1 atom stereocenters. The fraction of sp³-hybridized carbons (Fsp3) is 0.148. The second kappa shape index (κ2) is 10.1. The second-order valence-electron chi connectivity index (χ2n) is 8.83. The van der Waals surface area contributed by atoms with E-state index < -0.39 is 16.1 Å². The highest BCUT2D eigenvalue weighted by Crippen LogP contribution is 2.30. The molecule has 5 aromatic rings. The average molecular weight is 596 g/mol. The Labute approximate surface area is 227 Å². The van der Waals surface area contributed by atoms with Gasteiger partial charge in [-0.1, -0.05) is 24.6 Å². The van der Waals surface area contributed by atoms with Crippen molar-refractivity contribution in [2.45, 2.75) is 31.2 Å². The Balaban J connectivity index is 1.44. The Kier molecular flexibility index (Phi) is 6.89. The lowest BCUT2D eigenvalue weighted by atomic mass is 10.0. The summed E-state index contributed by atoms with van der Waals surface area (Å²) in [7, 11) is -3.83. The zero-order valence-electron chi connectivity index (χ0n) is 20.4. The van der Waals surface area contributed by atoms with Gasteiger partial charge in [-0.25, -0.2) is 16.8 Å². The quantitative estimate of drug-likeness (QED) is 0.249. The minimum atomic E-state index is -3.83. The van der Waals surface area contributed by atoms with Crippen molar-refractivity contribution in [2.24, 2.45) is 0 Å². The van der Waals surface area contributed by atoms with Gasteiger partial charge in [0.25, 0.3) is 15.9 Å². The summed E-state index contributed by atoms with van der Waals surface area (Å²) in [5.74, 6) is -0.741. The number of fused-ring (bicyclic) bond motifs is 1. The van der Waals surface area contributed by atoms with E-state index in [9.17, 15) is 17.6 Å². The number of pyridine rings is 1. The number of amides is 1. The molecule has 0 saturated carbocycles. The first-order valence-corrected chi connectivity index (χ1v) is 14.0. The van der Waals surface area contributed by atoms with Crippen LogP contribution < -0.4 is 5.32 Å². The molecule has 11 heteroatoms. The number of carbonyl (C=O) groups excluding carboxylic acids is 1. The third-order valence-electron chi connectivity index (χ3n) is 6.31. The van der Waals surface area contributed by atoms with Crippen LogP contribution in [0, 0.1) is 12.7 Å². The minimum Gasteiger partial charge on any atom is -0.345 e. The fourth-order valence-electron chi connectivity index (χ4n) is 4.23. The zero-order valence-corrected chi connectivity index (χ0v) is 22.8. The SMILES string of the molecule is CC[C@H](NC(=O)c1cnc(-c2ccc(F)cc2)c2[nH]ncc12)c1cc(Br)n(S(=O)(=O)c2ccc(C)cc2)c1. The van der Waals surface area contributed by atoms with Crippen molar-refractivity contribution in [3.05, 3.63) is 100 Å². The van der Waals surface area contributed by atoms with E-state index in [1.165, 1.54) is 24.5 Å². The molecule has 0 spiro atoms. The van der Waals surface area contributed by atoms with Crippen LogP contribution in [0.3, 0.4) is 0 Å². The van der Waals surface area contributed by atoms with Crippen molar-refractivity contribution >= 4 is 42.8 Å². The van der Waals surface area contributed by atoms with Crippen LogP contribution in [-0.4, -0.2) is 33.5 Å². The van der Waals surface area contributed by atoms with Gasteiger partial charge in [-0.3, -0.25) is 14.9 Å². The van der Waals surface area contributed by atoms with Crippen LogP contribution in [0.2, 0.25) is 0 Å². The van der Waals surface area contributed by atoms with Crippen LogP contribution in [-0.2, 0) is 10.0 Å². The van der Waals surface area contributed by atoms with Gasteiger partial charge in [0.2, 0.25) is 0 Å². The summed E-state index contributed by atoms with van der Waals surface area (Å²) in [4.78, 5) is 18.0. The van der Waals surface area contributed by atoms with Gasteiger partial charge in [0.1, 0.15) is 10.4 Å². The van der Waals surface area contributed by atoms with Gasteiger partial charge in [0.15, 0.2) is 0 Å². The van der Waals surface area contributed by atoms with E-state index in [1.807, 2.05) is 13.8 Å². The third-order valence-corrected chi connectivity index (χ3v) is 8.84. The van der Waals surface area contributed by atoms with Gasteiger partial charge in [-0.05, 0) is 77.3 Å². The topological polar surface area (TPSA) is 110 Å². The molecule has 3 aromatic heterocycles. The molecule has 5 rings (SSSR count). The summed E-state index contributed by atoms with van der Waals surface area (Å²) < 4.78 is 41.3. The highest BCUT2D eigenvalue weighted by atomic mass is 79.9. The molecule has 2 aromatic carbocycles. The van der Waals surface area contributed by atoms with Gasteiger partial charge in [0.05, 0.1) is 33.9 Å². The Morgan fingerprint density at radius 1 is 1.13 bits per heavy atom. The molecule has 2 N–H and O–H groups in total. The summed E-state index contributed by atoms with van der Waals surface area (Å²) in [5, 5.41) is 10.5. The van der Waals surface area contributed by atoms with Crippen molar-refractivity contribution in [1.29, 1.82) is 0 Å². The smallest absolute Gasteiger partial charge is 0.268 e. The molecule has 1 amide bonds. The van der Waals surface area contributed by atoms with E-state index in [4.69, 9.17) is 0 Å². The van der Waals surface area contributed by atoms with Crippen LogP contribution in [0.25, 0.3) is 22.2 Å². The second-order valence-corrected chi connectivity index (χ2v) is 11.5. The number of aromatic amines is 1. The van der Waals surface area contributed by atoms with Crippen molar-refractivity contribution in [2.75, 3.05) is 0 Å². The highest BCUT2D eigenvalue weighted by molar-refractivity contribution is 9.10. The van der Waals surface area contributed by atoms with Crippen LogP contribution in [0.1, 0.15) is 40.9 Å². The Morgan fingerprint density at radius 3 is 2.53 bits per heavy atom. The number of nitrogens with one attached hydrogen (secondary N) is 2. The van der Waals surface area contributed by atoms with Crippen LogP contribution in [0.5, 0.6) is 0 Å². The van der Waals surface area contributed by atoms with E-state index in [1.54, 1.807) is 48.7 Å². The summed E-state index contributed by atoms with van der Waals surface area (Å²) in [6.45, 7) is 3.78. The molecule has 0 aliphatic carbocycles. The lowest BCUT2D eigenvalue weighted by Gasteiger charge is -2.16. The summed E-state index contributed by atoms with van der Waals surface area (Å²) >= 11 is 3.36.